The number of hydrogen-bond donors (Lipinski definition) is 0. The van der Waals surface area contributed by atoms with Crippen molar-refractivity contribution in [1.82, 2.24) is 0 Å². The molecule has 0 rings (SSSR count). The fourth-order valence-electron chi connectivity index (χ4n) is 1.42. The molecular formula is C13H27. The van der Waals surface area contributed by atoms with Crippen molar-refractivity contribution in [3.8, 4) is 0 Å². The van der Waals surface area contributed by atoms with Crippen LogP contribution in [-0.2, 0) is 0 Å². The minimum Gasteiger partial charge on any atom is -0.0654 e. The zero-order valence-corrected chi connectivity index (χ0v) is 10.2. The van der Waals surface area contributed by atoms with Crippen molar-refractivity contribution >= 4 is 0 Å². The second kappa shape index (κ2) is 6.45. The SMILES string of the molecule is CCCCCCCC(C)(C)[C](C)C. The van der Waals surface area contributed by atoms with Gasteiger partial charge in [-0.3, -0.25) is 0 Å². The highest BCUT2D eigenvalue weighted by Crippen LogP contribution is 2.33. The first-order chi connectivity index (χ1) is 6.00. The summed E-state index contributed by atoms with van der Waals surface area (Å²) >= 11 is 0. The molecule has 1 radical (unpaired) electrons. The van der Waals surface area contributed by atoms with E-state index < -0.39 is 0 Å². The van der Waals surface area contributed by atoms with Crippen LogP contribution in [0.5, 0.6) is 0 Å². The Labute approximate surface area is 85.1 Å². The first-order valence-corrected chi connectivity index (χ1v) is 5.81. The molecule has 0 heterocycles. The summed E-state index contributed by atoms with van der Waals surface area (Å²) in [6.45, 7) is 11.5. The zero-order chi connectivity index (χ0) is 10.3. The van der Waals surface area contributed by atoms with Gasteiger partial charge in [-0.1, -0.05) is 66.7 Å². The van der Waals surface area contributed by atoms with Gasteiger partial charge in [0.15, 0.2) is 0 Å². The van der Waals surface area contributed by atoms with Gasteiger partial charge in [0.25, 0.3) is 0 Å². The lowest BCUT2D eigenvalue weighted by atomic mass is 9.77. The van der Waals surface area contributed by atoms with E-state index in [0.29, 0.717) is 5.41 Å². The lowest BCUT2D eigenvalue weighted by Crippen LogP contribution is -2.16. The van der Waals surface area contributed by atoms with E-state index in [4.69, 9.17) is 0 Å². The fourth-order valence-corrected chi connectivity index (χ4v) is 1.42. The molecule has 0 aromatic rings. The van der Waals surface area contributed by atoms with Crippen molar-refractivity contribution in [2.24, 2.45) is 5.41 Å². The molecule has 0 bridgehead atoms. The molecule has 0 atom stereocenters. The van der Waals surface area contributed by atoms with Gasteiger partial charge < -0.3 is 0 Å². The molecule has 0 heteroatoms. The standard InChI is InChI=1S/C13H27/c1-6-7-8-9-10-11-13(4,5)12(2)3/h6-11H2,1-5H3. The lowest BCUT2D eigenvalue weighted by Gasteiger charge is -2.28. The molecule has 0 aliphatic carbocycles. The van der Waals surface area contributed by atoms with Gasteiger partial charge in [-0.05, 0) is 17.8 Å². The highest BCUT2D eigenvalue weighted by Gasteiger charge is 2.21. The van der Waals surface area contributed by atoms with E-state index in [-0.39, 0.29) is 0 Å². The van der Waals surface area contributed by atoms with Crippen molar-refractivity contribution in [1.29, 1.82) is 0 Å². The van der Waals surface area contributed by atoms with E-state index in [0.717, 1.165) is 0 Å². The highest BCUT2D eigenvalue weighted by atomic mass is 14.3. The van der Waals surface area contributed by atoms with Crippen LogP contribution in [-0.4, -0.2) is 0 Å². The van der Waals surface area contributed by atoms with Crippen LogP contribution in [0.3, 0.4) is 0 Å². The topological polar surface area (TPSA) is 0 Å². The summed E-state index contributed by atoms with van der Waals surface area (Å²) in [7, 11) is 0. The van der Waals surface area contributed by atoms with Crippen molar-refractivity contribution in [3.05, 3.63) is 5.92 Å². The molecule has 0 aromatic carbocycles. The van der Waals surface area contributed by atoms with Gasteiger partial charge >= 0.3 is 0 Å². The Morgan fingerprint density at radius 3 is 1.92 bits per heavy atom. The molecule has 0 saturated heterocycles. The maximum Gasteiger partial charge on any atom is -0.0247 e. The molecule has 79 valence electrons. The van der Waals surface area contributed by atoms with Crippen molar-refractivity contribution in [2.75, 3.05) is 0 Å². The van der Waals surface area contributed by atoms with Crippen molar-refractivity contribution < 1.29 is 0 Å². The molecule has 0 aromatic heterocycles. The van der Waals surface area contributed by atoms with Crippen LogP contribution in [0, 0.1) is 11.3 Å². The first-order valence-electron chi connectivity index (χ1n) is 5.81. The van der Waals surface area contributed by atoms with Crippen LogP contribution in [0.15, 0.2) is 0 Å². The van der Waals surface area contributed by atoms with Crippen LogP contribution >= 0.6 is 0 Å². The van der Waals surface area contributed by atoms with E-state index in [1.165, 1.54) is 38.5 Å². The molecule has 0 aliphatic heterocycles. The van der Waals surface area contributed by atoms with Crippen LogP contribution in [0.25, 0.3) is 0 Å². The maximum absolute atomic E-state index is 2.36. The average Bonchev–Trinajstić information content (AvgIpc) is 2.03. The van der Waals surface area contributed by atoms with Gasteiger partial charge in [0.05, 0.1) is 0 Å². The monoisotopic (exact) mass is 183 g/mol. The van der Waals surface area contributed by atoms with Gasteiger partial charge in [-0.25, -0.2) is 0 Å². The summed E-state index contributed by atoms with van der Waals surface area (Å²) in [4.78, 5) is 0. The van der Waals surface area contributed by atoms with E-state index in [1.54, 1.807) is 5.92 Å². The van der Waals surface area contributed by atoms with E-state index >= 15 is 0 Å². The summed E-state index contributed by atoms with van der Waals surface area (Å²) in [6.07, 6.45) is 8.37. The third-order valence-corrected chi connectivity index (χ3v) is 3.26. The van der Waals surface area contributed by atoms with Crippen LogP contribution in [0.4, 0.5) is 0 Å². The Balaban J connectivity index is 3.41. The molecular weight excluding hydrogens is 156 g/mol. The van der Waals surface area contributed by atoms with Crippen LogP contribution in [0.1, 0.15) is 73.1 Å². The third-order valence-electron chi connectivity index (χ3n) is 3.26. The smallest absolute Gasteiger partial charge is 0.0247 e. The van der Waals surface area contributed by atoms with Gasteiger partial charge in [-0.2, -0.15) is 0 Å². The molecule has 0 nitrogen and oxygen atoms in total. The number of unbranched alkanes of at least 4 members (excludes halogenated alkanes) is 4. The predicted molar refractivity (Wildman–Crippen MR) is 61.7 cm³/mol. The number of hydrogen-bond acceptors (Lipinski definition) is 0. The van der Waals surface area contributed by atoms with Crippen molar-refractivity contribution in [2.45, 2.75) is 73.1 Å². The van der Waals surface area contributed by atoms with Gasteiger partial charge in [0.1, 0.15) is 0 Å². The minimum atomic E-state index is 0.464. The first kappa shape index (κ1) is 13.0. The molecule has 0 spiro atoms. The van der Waals surface area contributed by atoms with E-state index in [1.807, 2.05) is 0 Å². The fraction of sp³-hybridized carbons (Fsp3) is 0.923. The minimum absolute atomic E-state index is 0.464. The number of rotatable bonds is 7. The molecule has 0 fully saturated rings. The molecule has 13 heavy (non-hydrogen) atoms. The molecule has 0 amide bonds. The molecule has 0 aliphatic rings. The molecule has 0 N–H and O–H groups in total. The second-order valence-corrected chi connectivity index (χ2v) is 5.05. The maximum atomic E-state index is 2.36. The zero-order valence-electron chi connectivity index (χ0n) is 10.2. The van der Waals surface area contributed by atoms with Gasteiger partial charge in [0.2, 0.25) is 0 Å². The summed E-state index contributed by atoms with van der Waals surface area (Å²) in [5.41, 5.74) is 0.464. The quantitative estimate of drug-likeness (QED) is 0.488. The van der Waals surface area contributed by atoms with Gasteiger partial charge in [0, 0.05) is 0 Å². The predicted octanol–water partition coefficient (Wildman–Crippen LogP) is 4.99. The largest absolute Gasteiger partial charge is 0.0654 e. The average molecular weight is 183 g/mol. The third kappa shape index (κ3) is 6.12. The Bertz CT molecular complexity index is 111. The summed E-state index contributed by atoms with van der Waals surface area (Å²) in [5.74, 6) is 1.57. The summed E-state index contributed by atoms with van der Waals surface area (Å²) in [5, 5.41) is 0. The normalized spacial score (nSPS) is 12.5. The molecule has 0 saturated carbocycles. The van der Waals surface area contributed by atoms with Crippen LogP contribution in [0.2, 0.25) is 0 Å². The Kier molecular flexibility index (Phi) is 6.45. The Morgan fingerprint density at radius 2 is 1.46 bits per heavy atom. The summed E-state index contributed by atoms with van der Waals surface area (Å²) < 4.78 is 0. The van der Waals surface area contributed by atoms with Gasteiger partial charge in [-0.15, -0.1) is 0 Å². The van der Waals surface area contributed by atoms with Crippen LogP contribution < -0.4 is 0 Å². The van der Waals surface area contributed by atoms with E-state index in [2.05, 4.69) is 34.6 Å². The summed E-state index contributed by atoms with van der Waals surface area (Å²) in [6, 6.07) is 0. The second-order valence-electron chi connectivity index (χ2n) is 5.05. The Hall–Kier alpha value is 0. The highest BCUT2D eigenvalue weighted by molar-refractivity contribution is 4.94. The Morgan fingerprint density at radius 1 is 0.923 bits per heavy atom. The lowest BCUT2D eigenvalue weighted by molar-refractivity contribution is 0.339. The van der Waals surface area contributed by atoms with E-state index in [9.17, 15) is 0 Å². The van der Waals surface area contributed by atoms with Crippen molar-refractivity contribution in [3.63, 3.8) is 0 Å². The molecule has 0 unspecified atom stereocenters.